The summed E-state index contributed by atoms with van der Waals surface area (Å²) in [6.07, 6.45) is 1.57. The largest absolute Gasteiger partial charge is 0.304 e. The highest BCUT2D eigenvalue weighted by molar-refractivity contribution is 7.12. The van der Waals surface area contributed by atoms with Gasteiger partial charge in [-0.15, -0.1) is 16.4 Å². The zero-order valence-corrected chi connectivity index (χ0v) is 29.4. The highest BCUT2D eigenvalue weighted by Gasteiger charge is 2.20. The van der Waals surface area contributed by atoms with E-state index in [0.29, 0.717) is 57.4 Å². The number of carbonyl (C=O) groups excluding carboxylic acids is 2. The lowest BCUT2D eigenvalue weighted by atomic mass is 10.0. The van der Waals surface area contributed by atoms with Gasteiger partial charge in [0.2, 0.25) is 0 Å². The zero-order valence-electron chi connectivity index (χ0n) is 28.6. The van der Waals surface area contributed by atoms with Gasteiger partial charge in [0.25, 0.3) is 11.8 Å². The predicted octanol–water partition coefficient (Wildman–Crippen LogP) is 6.95. The number of nitriles is 2. The van der Waals surface area contributed by atoms with Crippen molar-refractivity contribution in [2.45, 2.75) is 20.0 Å². The normalized spacial score (nSPS) is 10.9. The SMILES string of the molecule is Cc1ncsc1C(=O)Nc1nn(Cc2ccc(C#N)cc2)c2ccc(-c3cnnc(C(=O)Nc4nn(Cc5ccc(C#N)cc5)c5ccccc45)c3)cc12. The first-order valence-corrected chi connectivity index (χ1v) is 17.5. The second-order valence-electron chi connectivity index (χ2n) is 12.4. The van der Waals surface area contributed by atoms with Crippen molar-refractivity contribution in [3.8, 4) is 23.3 Å². The Morgan fingerprint density at radius 3 is 1.96 bits per heavy atom. The first-order chi connectivity index (χ1) is 26.4. The van der Waals surface area contributed by atoms with Crippen molar-refractivity contribution in [3.05, 3.63) is 147 Å². The highest BCUT2D eigenvalue weighted by Crippen LogP contribution is 2.31. The van der Waals surface area contributed by atoms with Gasteiger partial charge >= 0.3 is 0 Å². The molecule has 0 saturated carbocycles. The van der Waals surface area contributed by atoms with Crippen molar-refractivity contribution in [2.75, 3.05) is 10.6 Å². The third-order valence-corrected chi connectivity index (χ3v) is 9.80. The Hall–Kier alpha value is -7.55. The van der Waals surface area contributed by atoms with Gasteiger partial charge in [-0.3, -0.25) is 19.0 Å². The van der Waals surface area contributed by atoms with Crippen molar-refractivity contribution in [3.63, 3.8) is 0 Å². The second-order valence-corrected chi connectivity index (χ2v) is 13.2. The molecule has 0 aliphatic rings. The Bertz CT molecular complexity index is 2800. The molecule has 0 atom stereocenters. The molecule has 54 heavy (non-hydrogen) atoms. The number of benzene rings is 4. The summed E-state index contributed by atoms with van der Waals surface area (Å²) in [5.41, 5.74) is 8.31. The maximum absolute atomic E-state index is 13.6. The smallest absolute Gasteiger partial charge is 0.277 e. The quantitative estimate of drug-likeness (QED) is 0.159. The Balaban J connectivity index is 1.09. The molecule has 0 radical (unpaired) electrons. The highest BCUT2D eigenvalue weighted by atomic mass is 32.1. The van der Waals surface area contributed by atoms with E-state index in [-0.39, 0.29) is 11.6 Å². The van der Waals surface area contributed by atoms with E-state index in [1.54, 1.807) is 58.3 Å². The fourth-order valence-corrected chi connectivity index (χ4v) is 6.82. The molecule has 14 heteroatoms. The number of hydrogen-bond donors (Lipinski definition) is 2. The van der Waals surface area contributed by atoms with Crippen molar-refractivity contribution in [2.24, 2.45) is 0 Å². The van der Waals surface area contributed by atoms with E-state index in [1.807, 2.05) is 66.7 Å². The number of fused-ring (bicyclic) bond motifs is 2. The van der Waals surface area contributed by atoms with Gasteiger partial charge < -0.3 is 10.6 Å². The fraction of sp³-hybridized carbons (Fsp3) is 0.0750. The Morgan fingerprint density at radius 2 is 1.33 bits per heavy atom. The molecule has 8 rings (SSSR count). The fourth-order valence-electron chi connectivity index (χ4n) is 6.12. The van der Waals surface area contributed by atoms with Gasteiger partial charge in [0.1, 0.15) is 4.88 Å². The van der Waals surface area contributed by atoms with E-state index >= 15 is 0 Å². The average molecular weight is 726 g/mol. The zero-order chi connectivity index (χ0) is 37.2. The van der Waals surface area contributed by atoms with Gasteiger partial charge in [-0.2, -0.15) is 25.8 Å². The summed E-state index contributed by atoms with van der Waals surface area (Å²) in [4.78, 5) is 31.6. The molecule has 4 aromatic heterocycles. The molecule has 0 saturated heterocycles. The van der Waals surface area contributed by atoms with Gasteiger partial charge in [0, 0.05) is 16.3 Å². The predicted molar refractivity (Wildman–Crippen MR) is 204 cm³/mol. The van der Waals surface area contributed by atoms with Crippen LogP contribution in [0, 0.1) is 29.6 Å². The average Bonchev–Trinajstić information content (AvgIpc) is 3.90. The van der Waals surface area contributed by atoms with E-state index in [1.165, 1.54) is 11.3 Å². The van der Waals surface area contributed by atoms with Crippen molar-refractivity contribution < 1.29 is 9.59 Å². The Kier molecular flexibility index (Phi) is 8.85. The number of hydrogen-bond acceptors (Lipinski definition) is 10. The van der Waals surface area contributed by atoms with Gasteiger partial charge in [-0.25, -0.2) is 4.98 Å². The molecule has 0 aliphatic heterocycles. The number of thiazole rings is 1. The number of aromatic nitrogens is 7. The van der Waals surface area contributed by atoms with Crippen LogP contribution in [0.3, 0.4) is 0 Å². The minimum absolute atomic E-state index is 0.0871. The molecule has 4 heterocycles. The van der Waals surface area contributed by atoms with Gasteiger partial charge in [0.05, 0.1) is 64.8 Å². The van der Waals surface area contributed by atoms with Crippen LogP contribution in [-0.4, -0.2) is 46.6 Å². The topological polar surface area (TPSA) is 180 Å². The number of anilines is 2. The van der Waals surface area contributed by atoms with E-state index in [9.17, 15) is 14.9 Å². The lowest BCUT2D eigenvalue weighted by Gasteiger charge is -2.07. The molecule has 0 bridgehead atoms. The van der Waals surface area contributed by atoms with Crippen LogP contribution in [0.2, 0.25) is 0 Å². The Morgan fingerprint density at radius 1 is 0.722 bits per heavy atom. The van der Waals surface area contributed by atoms with E-state index in [0.717, 1.165) is 33.1 Å². The van der Waals surface area contributed by atoms with Gasteiger partial charge in [-0.1, -0.05) is 42.5 Å². The maximum atomic E-state index is 13.6. The summed E-state index contributed by atoms with van der Waals surface area (Å²) in [5, 5.41) is 43.5. The number of aryl methyl sites for hydroxylation is 1. The third kappa shape index (κ3) is 6.64. The molecular formula is C40H27N11O2S. The van der Waals surface area contributed by atoms with Crippen LogP contribution in [0.5, 0.6) is 0 Å². The minimum atomic E-state index is -0.484. The molecule has 260 valence electrons. The number of amides is 2. The first kappa shape index (κ1) is 33.6. The van der Waals surface area contributed by atoms with Crippen LogP contribution in [0.15, 0.2) is 109 Å². The number of nitrogens with zero attached hydrogens (tertiary/aromatic N) is 9. The number of rotatable bonds is 9. The van der Waals surface area contributed by atoms with Crippen molar-refractivity contribution >= 4 is 56.6 Å². The molecular weight excluding hydrogens is 699 g/mol. The molecule has 13 nitrogen and oxygen atoms in total. The summed E-state index contributed by atoms with van der Waals surface area (Å²) in [5.74, 6) is -0.0603. The van der Waals surface area contributed by atoms with Gasteiger partial charge in [-0.05, 0) is 78.2 Å². The molecule has 0 unspecified atom stereocenters. The lowest BCUT2D eigenvalue weighted by Crippen LogP contribution is -2.15. The monoisotopic (exact) mass is 725 g/mol. The molecule has 4 aromatic carbocycles. The molecule has 0 fully saturated rings. The minimum Gasteiger partial charge on any atom is -0.304 e. The Labute approximate surface area is 311 Å². The summed E-state index contributed by atoms with van der Waals surface area (Å²) in [6, 6.07) is 33.8. The van der Waals surface area contributed by atoms with Gasteiger partial charge in [0.15, 0.2) is 17.3 Å². The molecule has 0 spiro atoms. The molecule has 8 aromatic rings. The van der Waals surface area contributed by atoms with Crippen LogP contribution in [0.4, 0.5) is 11.6 Å². The molecule has 2 N–H and O–H groups in total. The van der Waals surface area contributed by atoms with E-state index < -0.39 is 5.91 Å². The summed E-state index contributed by atoms with van der Waals surface area (Å²) >= 11 is 1.25. The standard InChI is InChI=1S/C40H27N11O2S/c1-24-36(54-23-43-24)40(53)46-38-32-16-29(14-15-35(32)51(49-38)22-28-12-8-26(19-42)9-13-28)30-17-33(47-44-20-30)39(52)45-37-31-4-2-3-5-34(31)50(48-37)21-27-10-6-25(18-41)7-11-27/h2-17,20,23H,21-22H2,1H3,(H,45,48,52)(H,46,49,53). The van der Waals surface area contributed by atoms with Crippen LogP contribution in [-0.2, 0) is 13.1 Å². The van der Waals surface area contributed by atoms with E-state index in [4.69, 9.17) is 15.5 Å². The third-order valence-electron chi connectivity index (χ3n) is 8.88. The van der Waals surface area contributed by atoms with Crippen molar-refractivity contribution in [1.29, 1.82) is 10.5 Å². The number of para-hydroxylation sites is 1. The van der Waals surface area contributed by atoms with Crippen LogP contribution < -0.4 is 10.6 Å². The number of carbonyl (C=O) groups is 2. The van der Waals surface area contributed by atoms with Crippen LogP contribution >= 0.6 is 11.3 Å². The molecule has 2 amide bonds. The summed E-state index contributed by atoms with van der Waals surface area (Å²) in [6.45, 7) is 2.62. The maximum Gasteiger partial charge on any atom is 0.277 e. The number of nitrogens with one attached hydrogen (secondary N) is 2. The van der Waals surface area contributed by atoms with Crippen LogP contribution in [0.25, 0.3) is 32.9 Å². The van der Waals surface area contributed by atoms with E-state index in [2.05, 4.69) is 38.0 Å². The molecule has 0 aliphatic carbocycles. The lowest BCUT2D eigenvalue weighted by molar-refractivity contribution is 0.101. The summed E-state index contributed by atoms with van der Waals surface area (Å²) < 4.78 is 3.60. The van der Waals surface area contributed by atoms with Crippen LogP contribution in [0.1, 0.15) is 48.1 Å². The second kappa shape index (κ2) is 14.2. The van der Waals surface area contributed by atoms with Crippen molar-refractivity contribution in [1.82, 2.24) is 34.7 Å². The first-order valence-electron chi connectivity index (χ1n) is 16.7. The summed E-state index contributed by atoms with van der Waals surface area (Å²) in [7, 11) is 0.